The first kappa shape index (κ1) is 27.4. The van der Waals surface area contributed by atoms with E-state index in [0.717, 1.165) is 38.9 Å². The third kappa shape index (κ3) is 6.41. The van der Waals surface area contributed by atoms with Gasteiger partial charge in [-0.25, -0.2) is 8.42 Å². The minimum Gasteiger partial charge on any atom is -0.370 e. The number of halogens is 2. The van der Waals surface area contributed by atoms with Gasteiger partial charge in [-0.05, 0) is 37.0 Å². The van der Waals surface area contributed by atoms with Crippen molar-refractivity contribution in [1.29, 1.82) is 0 Å². The maximum Gasteiger partial charge on any atom is 0.248 e. The Bertz CT molecular complexity index is 1130. The topological polar surface area (TPSA) is 70.2 Å². The molecule has 0 bridgehead atoms. The number of hydrogen-bond donors (Lipinski definition) is 0. The highest BCUT2D eigenvalue weighted by Gasteiger charge is 2.36. The lowest BCUT2D eigenvalue weighted by molar-refractivity contribution is -0.137. The van der Waals surface area contributed by atoms with Crippen molar-refractivity contribution >= 4 is 39.1 Å². The summed E-state index contributed by atoms with van der Waals surface area (Å²) in [7, 11) is -2.08. The fraction of sp³-hybridized carbons (Fsp3) is 0.500. The molecule has 2 aromatic carbocycles. The Morgan fingerprint density at radius 1 is 1.03 bits per heavy atom. The molecule has 4 rings (SSSR count). The van der Waals surface area contributed by atoms with Crippen molar-refractivity contribution in [2.75, 3.05) is 39.9 Å². The number of ether oxygens (including phenoxy) is 1. The quantitative estimate of drug-likeness (QED) is 0.463. The Hall–Kier alpha value is -1.68. The molecule has 2 aliphatic rings. The number of sulfonamides is 1. The van der Waals surface area contributed by atoms with Gasteiger partial charge in [-0.2, -0.15) is 4.31 Å². The summed E-state index contributed by atoms with van der Waals surface area (Å²) in [6.45, 7) is 3.07. The second-order valence-corrected chi connectivity index (χ2v) is 12.1. The molecule has 2 saturated heterocycles. The molecule has 196 valence electrons. The van der Waals surface area contributed by atoms with E-state index in [1.165, 1.54) is 22.0 Å². The minimum atomic E-state index is -3.90. The Morgan fingerprint density at radius 3 is 2.47 bits per heavy atom. The molecular weight excluding hydrogens is 521 g/mol. The molecule has 0 aliphatic carbocycles. The summed E-state index contributed by atoms with van der Waals surface area (Å²) >= 11 is 12.4. The summed E-state index contributed by atoms with van der Waals surface area (Å²) in [4.78, 5) is 16.9. The first-order chi connectivity index (χ1) is 17.3. The number of hydrogen-bond acceptors (Lipinski definition) is 5. The molecule has 2 fully saturated rings. The SMILES string of the molecule is CN(C(=O)COCC1CCCCN1S(=O)(=O)c1c(Cl)cccc1Cl)[C@H]1CCN(Cc2ccccc2)C1. The van der Waals surface area contributed by atoms with E-state index in [9.17, 15) is 13.2 Å². The average molecular weight is 555 g/mol. The highest BCUT2D eigenvalue weighted by molar-refractivity contribution is 7.89. The van der Waals surface area contributed by atoms with Crippen LogP contribution in [0.1, 0.15) is 31.2 Å². The molecule has 2 atom stereocenters. The number of likely N-dealkylation sites (N-methyl/N-ethyl adjacent to an activating group) is 1. The molecule has 0 aromatic heterocycles. The van der Waals surface area contributed by atoms with E-state index in [0.29, 0.717) is 13.0 Å². The van der Waals surface area contributed by atoms with Gasteiger partial charge in [0.15, 0.2) is 0 Å². The Morgan fingerprint density at radius 2 is 1.75 bits per heavy atom. The summed E-state index contributed by atoms with van der Waals surface area (Å²) in [6.07, 6.45) is 3.22. The first-order valence-electron chi connectivity index (χ1n) is 12.3. The van der Waals surface area contributed by atoms with E-state index in [-0.39, 0.29) is 46.1 Å². The number of likely N-dealkylation sites (tertiary alicyclic amines) is 1. The fourth-order valence-electron chi connectivity index (χ4n) is 5.00. The lowest BCUT2D eigenvalue weighted by Crippen LogP contribution is -2.47. The predicted octanol–water partition coefficient (Wildman–Crippen LogP) is 4.29. The highest BCUT2D eigenvalue weighted by Crippen LogP contribution is 2.34. The standard InChI is InChI=1S/C26H33Cl2N3O4S/c1-29(21-13-15-30(17-21)16-20-8-3-2-4-9-20)25(32)19-35-18-22-10-5-6-14-31(22)36(33,34)26-23(27)11-7-12-24(26)28/h2-4,7-9,11-12,21-22H,5-6,10,13-19H2,1H3/t21-,22?/m0/s1. The number of benzene rings is 2. The van der Waals surface area contributed by atoms with Gasteiger partial charge in [-0.3, -0.25) is 9.69 Å². The van der Waals surface area contributed by atoms with Crippen LogP contribution in [0.5, 0.6) is 0 Å². The second-order valence-electron chi connectivity index (χ2n) is 9.50. The number of carbonyl (C=O) groups excluding carboxylic acids is 1. The zero-order valence-electron chi connectivity index (χ0n) is 20.5. The normalized spacial score (nSPS) is 21.5. The zero-order valence-corrected chi connectivity index (χ0v) is 22.8. The molecule has 10 heteroatoms. The number of rotatable bonds is 9. The van der Waals surface area contributed by atoms with E-state index < -0.39 is 10.0 Å². The highest BCUT2D eigenvalue weighted by atomic mass is 35.5. The van der Waals surface area contributed by atoms with Gasteiger partial charge in [0.1, 0.15) is 11.5 Å². The first-order valence-corrected chi connectivity index (χ1v) is 14.5. The van der Waals surface area contributed by atoms with Gasteiger partial charge in [-0.15, -0.1) is 0 Å². The number of carbonyl (C=O) groups is 1. The maximum absolute atomic E-state index is 13.4. The summed E-state index contributed by atoms with van der Waals surface area (Å²) in [5, 5.41) is 0.199. The van der Waals surface area contributed by atoms with Crippen LogP contribution in [0.3, 0.4) is 0 Å². The number of amides is 1. The van der Waals surface area contributed by atoms with Crippen molar-refractivity contribution in [2.45, 2.75) is 49.2 Å². The van der Waals surface area contributed by atoms with Gasteiger partial charge in [0.2, 0.25) is 15.9 Å². The maximum atomic E-state index is 13.4. The van der Waals surface area contributed by atoms with Crippen LogP contribution < -0.4 is 0 Å². The Kier molecular flexibility index (Phi) is 9.30. The van der Waals surface area contributed by atoms with E-state index in [1.54, 1.807) is 11.0 Å². The molecule has 0 saturated carbocycles. The van der Waals surface area contributed by atoms with E-state index in [1.807, 2.05) is 25.2 Å². The van der Waals surface area contributed by atoms with Crippen molar-refractivity contribution < 1.29 is 17.9 Å². The summed E-state index contributed by atoms with van der Waals surface area (Å²) < 4.78 is 34.0. The summed E-state index contributed by atoms with van der Waals surface area (Å²) in [5.41, 5.74) is 1.26. The van der Waals surface area contributed by atoms with Crippen molar-refractivity contribution in [3.05, 3.63) is 64.1 Å². The van der Waals surface area contributed by atoms with Gasteiger partial charge in [0, 0.05) is 45.3 Å². The van der Waals surface area contributed by atoms with Gasteiger partial charge >= 0.3 is 0 Å². The van der Waals surface area contributed by atoms with Crippen LogP contribution >= 0.6 is 23.2 Å². The molecule has 0 radical (unpaired) electrons. The molecule has 36 heavy (non-hydrogen) atoms. The van der Waals surface area contributed by atoms with E-state index >= 15 is 0 Å². The van der Waals surface area contributed by atoms with E-state index in [4.69, 9.17) is 27.9 Å². The number of nitrogens with zero attached hydrogens (tertiary/aromatic N) is 3. The smallest absolute Gasteiger partial charge is 0.248 e. The van der Waals surface area contributed by atoms with Crippen LogP contribution in [0.15, 0.2) is 53.4 Å². The van der Waals surface area contributed by atoms with E-state index in [2.05, 4.69) is 17.0 Å². The van der Waals surface area contributed by atoms with Crippen LogP contribution in [-0.4, -0.2) is 80.4 Å². The summed E-state index contributed by atoms with van der Waals surface area (Å²) in [5.74, 6) is -0.0964. The molecule has 7 nitrogen and oxygen atoms in total. The molecule has 2 aliphatic heterocycles. The molecule has 2 aromatic rings. The lowest BCUT2D eigenvalue weighted by Gasteiger charge is -2.35. The molecule has 0 N–H and O–H groups in total. The lowest BCUT2D eigenvalue weighted by atomic mass is 10.1. The Labute approximate surface area is 224 Å². The van der Waals surface area contributed by atoms with Gasteiger partial charge in [0.05, 0.1) is 16.7 Å². The van der Waals surface area contributed by atoms with Crippen LogP contribution in [-0.2, 0) is 26.1 Å². The fourth-order valence-corrected chi connectivity index (χ4v) is 7.78. The molecule has 2 heterocycles. The van der Waals surface area contributed by atoms with Gasteiger partial charge < -0.3 is 9.64 Å². The summed E-state index contributed by atoms with van der Waals surface area (Å²) in [6, 6.07) is 14.7. The third-order valence-electron chi connectivity index (χ3n) is 7.03. The predicted molar refractivity (Wildman–Crippen MR) is 142 cm³/mol. The second kappa shape index (κ2) is 12.2. The minimum absolute atomic E-state index is 0.0719. The van der Waals surface area contributed by atoms with Crippen molar-refractivity contribution in [2.24, 2.45) is 0 Å². The Balaban J connectivity index is 1.30. The number of piperidine rings is 1. The monoisotopic (exact) mass is 553 g/mol. The van der Waals surface area contributed by atoms with Crippen molar-refractivity contribution in [3.63, 3.8) is 0 Å². The largest absolute Gasteiger partial charge is 0.370 e. The van der Waals surface area contributed by atoms with Crippen LogP contribution in [0.2, 0.25) is 10.0 Å². The zero-order chi connectivity index (χ0) is 25.7. The molecular formula is C26H33Cl2N3O4S. The van der Waals surface area contributed by atoms with Crippen LogP contribution in [0.25, 0.3) is 0 Å². The van der Waals surface area contributed by atoms with Gasteiger partial charge in [-0.1, -0.05) is 66.0 Å². The van der Waals surface area contributed by atoms with Crippen LogP contribution in [0, 0.1) is 0 Å². The molecule has 1 amide bonds. The van der Waals surface area contributed by atoms with Gasteiger partial charge in [0.25, 0.3) is 0 Å². The van der Waals surface area contributed by atoms with Crippen molar-refractivity contribution in [3.8, 4) is 0 Å². The molecule has 1 unspecified atom stereocenters. The van der Waals surface area contributed by atoms with Crippen molar-refractivity contribution in [1.82, 2.24) is 14.1 Å². The average Bonchev–Trinajstić information content (AvgIpc) is 3.32. The molecule has 0 spiro atoms. The third-order valence-corrected chi connectivity index (χ3v) is 9.94. The van der Waals surface area contributed by atoms with Crippen LogP contribution in [0.4, 0.5) is 0 Å².